The van der Waals surface area contributed by atoms with Gasteiger partial charge in [-0.05, 0) is 49.2 Å². The van der Waals surface area contributed by atoms with Crippen molar-refractivity contribution in [1.29, 1.82) is 0 Å². The molecule has 6 heteroatoms. The van der Waals surface area contributed by atoms with E-state index in [-0.39, 0.29) is 11.7 Å². The number of fused-ring (bicyclic) bond motifs is 2. The molecule has 0 saturated carbocycles. The Morgan fingerprint density at radius 1 is 1.00 bits per heavy atom. The van der Waals surface area contributed by atoms with Crippen LogP contribution in [0.3, 0.4) is 0 Å². The van der Waals surface area contributed by atoms with E-state index in [1.54, 1.807) is 6.08 Å². The van der Waals surface area contributed by atoms with Crippen LogP contribution in [-0.2, 0) is 15.7 Å². The molecule has 0 amide bonds. The topological polar surface area (TPSA) is 29.5 Å². The molecule has 0 spiro atoms. The van der Waals surface area contributed by atoms with Crippen molar-refractivity contribution in [3.05, 3.63) is 71.3 Å². The van der Waals surface area contributed by atoms with Crippen LogP contribution in [-0.4, -0.2) is 36.1 Å². The molecule has 2 fully saturated rings. The predicted octanol–water partition coefficient (Wildman–Crippen LogP) is 5.41. The number of alkyl halides is 3. The first-order valence-corrected chi connectivity index (χ1v) is 10.2. The van der Waals surface area contributed by atoms with E-state index < -0.39 is 17.7 Å². The maximum atomic E-state index is 13.1. The second-order valence-corrected chi connectivity index (χ2v) is 8.09. The lowest BCUT2D eigenvalue weighted by molar-refractivity contribution is -0.145. The minimum atomic E-state index is -4.42. The molecule has 3 nitrogen and oxygen atoms in total. The van der Waals surface area contributed by atoms with Gasteiger partial charge in [-0.25, -0.2) is 4.79 Å². The molecule has 0 aromatic heterocycles. The number of nitrogens with zero attached hydrogens (tertiary/aromatic N) is 1. The number of esters is 1. The van der Waals surface area contributed by atoms with Crippen molar-refractivity contribution in [2.24, 2.45) is 0 Å². The van der Waals surface area contributed by atoms with Crippen LogP contribution in [0.4, 0.5) is 13.2 Å². The summed E-state index contributed by atoms with van der Waals surface area (Å²) in [7, 11) is 2.11. The summed E-state index contributed by atoms with van der Waals surface area (Å²) in [4.78, 5) is 15.4. The highest BCUT2D eigenvalue weighted by molar-refractivity contribution is 6.21. The summed E-state index contributed by atoms with van der Waals surface area (Å²) in [6.45, 7) is 0. The van der Waals surface area contributed by atoms with Gasteiger partial charge < -0.3 is 9.64 Å². The third kappa shape index (κ3) is 4.43. The Balaban J connectivity index is 1.59. The molecule has 2 aromatic carbocycles. The molecule has 158 valence electrons. The Morgan fingerprint density at radius 3 is 2.17 bits per heavy atom. The number of ether oxygens (including phenoxy) is 1. The maximum Gasteiger partial charge on any atom is 0.416 e. The quantitative estimate of drug-likeness (QED) is 0.380. The van der Waals surface area contributed by atoms with E-state index in [0.29, 0.717) is 17.6 Å². The second kappa shape index (κ2) is 8.26. The molecule has 2 aliphatic rings. The van der Waals surface area contributed by atoms with Gasteiger partial charge in [-0.2, -0.15) is 13.2 Å². The average molecular weight is 415 g/mol. The maximum absolute atomic E-state index is 13.1. The number of hydrogen-bond acceptors (Lipinski definition) is 3. The number of carbonyl (C=O) groups is 1. The van der Waals surface area contributed by atoms with Crippen LogP contribution in [0.25, 0.3) is 11.6 Å². The predicted molar refractivity (Wildman–Crippen MR) is 109 cm³/mol. The average Bonchev–Trinajstić information content (AvgIpc) is 2.93. The Hall–Kier alpha value is -2.60. The molecule has 3 atom stereocenters. The van der Waals surface area contributed by atoms with Gasteiger partial charge in [0.2, 0.25) is 0 Å². The largest absolute Gasteiger partial charge is 0.459 e. The molecular weight excluding hydrogens is 391 g/mol. The lowest BCUT2D eigenvalue weighted by Gasteiger charge is -2.35. The van der Waals surface area contributed by atoms with Gasteiger partial charge in [0.25, 0.3) is 0 Å². The molecule has 2 bridgehead atoms. The minimum absolute atomic E-state index is 0.167. The van der Waals surface area contributed by atoms with Crippen molar-refractivity contribution >= 4 is 17.6 Å². The van der Waals surface area contributed by atoms with Crippen LogP contribution in [0.5, 0.6) is 0 Å². The zero-order chi connectivity index (χ0) is 21.3. The lowest BCUT2D eigenvalue weighted by Crippen LogP contribution is -2.43. The van der Waals surface area contributed by atoms with Crippen LogP contribution < -0.4 is 0 Å². The number of hydrogen-bond donors (Lipinski definition) is 0. The molecule has 2 aliphatic heterocycles. The first kappa shape index (κ1) is 20.7. The van der Waals surface area contributed by atoms with E-state index >= 15 is 0 Å². The fourth-order valence-electron chi connectivity index (χ4n) is 4.49. The highest BCUT2D eigenvalue weighted by atomic mass is 19.4. The van der Waals surface area contributed by atoms with E-state index in [9.17, 15) is 18.0 Å². The van der Waals surface area contributed by atoms with Crippen molar-refractivity contribution in [3.8, 4) is 0 Å². The highest BCUT2D eigenvalue weighted by Gasteiger charge is 2.40. The van der Waals surface area contributed by atoms with Crippen LogP contribution >= 0.6 is 0 Å². The van der Waals surface area contributed by atoms with Gasteiger partial charge in [0.05, 0.1) is 11.1 Å². The van der Waals surface area contributed by atoms with E-state index in [4.69, 9.17) is 4.74 Å². The number of carbonyl (C=O) groups excluding carboxylic acids is 1. The van der Waals surface area contributed by atoms with Gasteiger partial charge >= 0.3 is 12.1 Å². The Kier molecular flexibility index (Phi) is 5.69. The third-order valence-electron chi connectivity index (χ3n) is 6.18. The van der Waals surface area contributed by atoms with Crippen LogP contribution in [0.2, 0.25) is 0 Å². The normalized spacial score (nSPS) is 24.7. The molecule has 0 N–H and O–H groups in total. The summed E-state index contributed by atoms with van der Waals surface area (Å²) in [5.74, 6) is -0.493. The fraction of sp³-hybridized carbons (Fsp3) is 0.375. The molecule has 1 unspecified atom stereocenters. The monoisotopic (exact) mass is 415 g/mol. The van der Waals surface area contributed by atoms with Crippen molar-refractivity contribution in [2.75, 3.05) is 7.05 Å². The summed E-state index contributed by atoms with van der Waals surface area (Å²) in [5, 5.41) is 0. The lowest BCUT2D eigenvalue weighted by atomic mass is 9.99. The van der Waals surface area contributed by atoms with Gasteiger partial charge in [0.15, 0.2) is 0 Å². The second-order valence-electron chi connectivity index (χ2n) is 8.09. The van der Waals surface area contributed by atoms with E-state index in [2.05, 4.69) is 11.9 Å². The number of piperidine rings is 1. The van der Waals surface area contributed by atoms with Crippen LogP contribution in [0, 0.1) is 0 Å². The Bertz CT molecular complexity index is 908. The molecule has 30 heavy (non-hydrogen) atoms. The van der Waals surface area contributed by atoms with Gasteiger partial charge in [-0.3, -0.25) is 0 Å². The summed E-state index contributed by atoms with van der Waals surface area (Å²) in [6.07, 6.45) is 0.903. The molecular formula is C24H24F3NO2. The number of benzene rings is 2. The molecule has 2 saturated heterocycles. The third-order valence-corrected chi connectivity index (χ3v) is 6.18. The van der Waals surface area contributed by atoms with Gasteiger partial charge in [0, 0.05) is 24.9 Å². The minimum Gasteiger partial charge on any atom is -0.459 e. The Labute approximate surface area is 174 Å². The molecule has 2 aromatic rings. The molecule has 0 radical (unpaired) electrons. The zero-order valence-electron chi connectivity index (χ0n) is 16.7. The molecule has 0 aliphatic carbocycles. The zero-order valence-corrected chi connectivity index (χ0v) is 16.7. The molecule has 4 rings (SSSR count). The first-order chi connectivity index (χ1) is 14.3. The van der Waals surface area contributed by atoms with Gasteiger partial charge in [-0.15, -0.1) is 0 Å². The molecule has 2 heterocycles. The SMILES string of the molecule is CN1[C@@H]2CC[C@H]1CC(OC(=O)/C(=C/c1ccccc1)c1ccc(C(F)(F)F)cc1)C2. The summed E-state index contributed by atoms with van der Waals surface area (Å²) >= 11 is 0. The smallest absolute Gasteiger partial charge is 0.416 e. The fourth-order valence-corrected chi connectivity index (χ4v) is 4.49. The van der Waals surface area contributed by atoms with Crippen molar-refractivity contribution in [2.45, 2.75) is 50.0 Å². The summed E-state index contributed by atoms with van der Waals surface area (Å²) < 4.78 is 44.7. The number of rotatable bonds is 4. The first-order valence-electron chi connectivity index (χ1n) is 10.2. The van der Waals surface area contributed by atoms with E-state index in [0.717, 1.165) is 43.4 Å². The van der Waals surface area contributed by atoms with Crippen molar-refractivity contribution in [1.82, 2.24) is 4.90 Å². The summed E-state index contributed by atoms with van der Waals surface area (Å²) in [5.41, 5.74) is 0.715. The standard InChI is InChI=1S/C24H24F3NO2/c1-28-19-11-12-20(28)15-21(14-19)30-23(29)22(13-16-5-3-2-4-6-16)17-7-9-18(10-8-17)24(25,26)27/h2-10,13,19-21H,11-12,14-15H2,1H3/b22-13+/t19-,20+,21?. The van der Waals surface area contributed by atoms with E-state index in [1.165, 1.54) is 12.1 Å². The number of halogens is 3. The van der Waals surface area contributed by atoms with Gasteiger partial charge in [0.1, 0.15) is 6.10 Å². The van der Waals surface area contributed by atoms with Gasteiger partial charge in [-0.1, -0.05) is 42.5 Å². The Morgan fingerprint density at radius 2 is 1.60 bits per heavy atom. The van der Waals surface area contributed by atoms with Crippen LogP contribution in [0.1, 0.15) is 42.4 Å². The van der Waals surface area contributed by atoms with E-state index in [1.807, 2.05) is 30.3 Å². The summed E-state index contributed by atoms with van der Waals surface area (Å²) in [6, 6.07) is 14.7. The van der Waals surface area contributed by atoms with Crippen molar-refractivity contribution in [3.63, 3.8) is 0 Å². The van der Waals surface area contributed by atoms with Crippen molar-refractivity contribution < 1.29 is 22.7 Å². The van der Waals surface area contributed by atoms with Crippen LogP contribution in [0.15, 0.2) is 54.6 Å². The highest BCUT2D eigenvalue weighted by Crippen LogP contribution is 2.36.